The van der Waals surface area contributed by atoms with E-state index in [0.717, 1.165) is 12.8 Å². The van der Waals surface area contributed by atoms with E-state index in [1.807, 2.05) is 13.8 Å². The highest BCUT2D eigenvalue weighted by Crippen LogP contribution is 2.27. The van der Waals surface area contributed by atoms with Crippen molar-refractivity contribution in [2.75, 3.05) is 11.9 Å². The molecule has 112 valence electrons. The van der Waals surface area contributed by atoms with Crippen LogP contribution in [0.4, 0.5) is 5.69 Å². The first-order valence-electron chi connectivity index (χ1n) is 7.16. The van der Waals surface area contributed by atoms with Crippen molar-refractivity contribution in [1.29, 1.82) is 0 Å². The third-order valence-corrected chi connectivity index (χ3v) is 4.45. The molecule has 2 N–H and O–H groups in total. The predicted octanol–water partition coefficient (Wildman–Crippen LogP) is 2.13. The lowest BCUT2D eigenvalue weighted by molar-refractivity contribution is 0.226. The third kappa shape index (κ3) is 3.33. The van der Waals surface area contributed by atoms with Crippen LogP contribution in [0.2, 0.25) is 5.02 Å². The van der Waals surface area contributed by atoms with Crippen molar-refractivity contribution in [3.63, 3.8) is 0 Å². The Kier molecular flexibility index (Phi) is 5.05. The monoisotopic (exact) mass is 299 g/mol. The second-order valence-electron chi connectivity index (χ2n) is 5.74. The highest BCUT2D eigenvalue weighted by atomic mass is 35.5. The van der Waals surface area contributed by atoms with E-state index in [1.54, 1.807) is 0 Å². The van der Waals surface area contributed by atoms with E-state index >= 15 is 0 Å². The summed E-state index contributed by atoms with van der Waals surface area (Å²) in [6.45, 7) is 4.56. The van der Waals surface area contributed by atoms with Crippen LogP contribution < -0.4 is 10.9 Å². The number of nitrogens with zero attached hydrogens (tertiary/aromatic N) is 2. The van der Waals surface area contributed by atoms with E-state index in [9.17, 15) is 4.79 Å². The molecule has 1 aromatic heterocycles. The van der Waals surface area contributed by atoms with Gasteiger partial charge in [0, 0.05) is 19.2 Å². The molecule has 1 heterocycles. The van der Waals surface area contributed by atoms with E-state index < -0.39 is 0 Å². The fourth-order valence-corrected chi connectivity index (χ4v) is 2.36. The zero-order chi connectivity index (χ0) is 14.7. The van der Waals surface area contributed by atoms with Gasteiger partial charge in [0.2, 0.25) is 0 Å². The van der Waals surface area contributed by atoms with Gasteiger partial charge in [0.05, 0.1) is 11.2 Å². The van der Waals surface area contributed by atoms with E-state index in [1.165, 1.54) is 17.3 Å². The van der Waals surface area contributed by atoms with Gasteiger partial charge in [-0.15, -0.1) is 0 Å². The zero-order valence-electron chi connectivity index (χ0n) is 12.0. The molecule has 1 aromatic rings. The van der Waals surface area contributed by atoms with Crippen LogP contribution in [-0.2, 0) is 6.54 Å². The summed E-state index contributed by atoms with van der Waals surface area (Å²) in [6.07, 6.45) is 5.08. The topological polar surface area (TPSA) is 67.2 Å². The fraction of sp³-hybridized carbons (Fsp3) is 0.714. The first-order chi connectivity index (χ1) is 9.52. The van der Waals surface area contributed by atoms with Gasteiger partial charge in [-0.2, -0.15) is 5.10 Å². The number of aliphatic hydroxyl groups is 1. The highest BCUT2D eigenvalue weighted by molar-refractivity contribution is 6.33. The number of hydrogen-bond donors (Lipinski definition) is 2. The number of anilines is 1. The quantitative estimate of drug-likeness (QED) is 0.844. The molecule has 2 unspecified atom stereocenters. The minimum Gasteiger partial charge on any atom is -0.396 e. The van der Waals surface area contributed by atoms with Gasteiger partial charge in [0.1, 0.15) is 5.69 Å². The van der Waals surface area contributed by atoms with E-state index in [0.29, 0.717) is 23.2 Å². The summed E-state index contributed by atoms with van der Waals surface area (Å²) < 4.78 is 1.49. The molecule has 1 fully saturated rings. The molecule has 0 aliphatic heterocycles. The number of rotatable bonds is 6. The van der Waals surface area contributed by atoms with E-state index in [2.05, 4.69) is 10.4 Å². The molecular weight excluding hydrogens is 278 g/mol. The Balaban J connectivity index is 2.18. The largest absolute Gasteiger partial charge is 0.396 e. The molecule has 0 bridgehead atoms. The maximum atomic E-state index is 12.4. The normalized spacial score (nSPS) is 18.4. The number of aromatic nitrogens is 2. The Labute approximate surface area is 124 Å². The van der Waals surface area contributed by atoms with Gasteiger partial charge < -0.3 is 10.4 Å². The van der Waals surface area contributed by atoms with Crippen LogP contribution in [0.25, 0.3) is 0 Å². The van der Waals surface area contributed by atoms with Crippen molar-refractivity contribution < 1.29 is 5.11 Å². The summed E-state index contributed by atoms with van der Waals surface area (Å²) >= 11 is 6.08. The lowest BCUT2D eigenvalue weighted by atomic mass is 9.85. The molecule has 0 saturated heterocycles. The Hall–Kier alpha value is -1.07. The zero-order valence-corrected chi connectivity index (χ0v) is 12.7. The Morgan fingerprint density at radius 1 is 1.55 bits per heavy atom. The molecule has 2 rings (SSSR count). The molecule has 0 amide bonds. The minimum atomic E-state index is -0.179. The second kappa shape index (κ2) is 6.59. The maximum absolute atomic E-state index is 12.4. The van der Waals surface area contributed by atoms with Gasteiger partial charge in [-0.25, -0.2) is 4.68 Å². The molecule has 6 heteroatoms. The van der Waals surface area contributed by atoms with Crippen molar-refractivity contribution in [3.05, 3.63) is 21.6 Å². The summed E-state index contributed by atoms with van der Waals surface area (Å²) in [5.74, 6) is 0.599. The molecule has 20 heavy (non-hydrogen) atoms. The molecule has 0 spiro atoms. The molecule has 1 saturated carbocycles. The Bertz CT molecular complexity index is 514. The average molecular weight is 300 g/mol. The summed E-state index contributed by atoms with van der Waals surface area (Å²) in [5, 5.41) is 16.7. The van der Waals surface area contributed by atoms with Crippen LogP contribution in [-0.4, -0.2) is 27.5 Å². The molecule has 1 aliphatic rings. The molecular formula is C14H22ClN3O2. The van der Waals surface area contributed by atoms with E-state index in [4.69, 9.17) is 16.7 Å². The van der Waals surface area contributed by atoms with Crippen LogP contribution in [0.1, 0.15) is 33.1 Å². The van der Waals surface area contributed by atoms with Gasteiger partial charge in [-0.3, -0.25) is 4.79 Å². The van der Waals surface area contributed by atoms with E-state index in [-0.39, 0.29) is 24.1 Å². The molecule has 2 atom stereocenters. The Morgan fingerprint density at radius 2 is 2.25 bits per heavy atom. The first kappa shape index (κ1) is 15.3. The van der Waals surface area contributed by atoms with Crippen LogP contribution in [0.5, 0.6) is 0 Å². The smallest absolute Gasteiger partial charge is 0.291 e. The van der Waals surface area contributed by atoms with Crippen molar-refractivity contribution in [2.24, 2.45) is 11.8 Å². The lowest BCUT2D eigenvalue weighted by Crippen LogP contribution is -2.34. The Morgan fingerprint density at radius 3 is 2.80 bits per heavy atom. The summed E-state index contributed by atoms with van der Waals surface area (Å²) in [4.78, 5) is 12.4. The number of halogens is 1. The van der Waals surface area contributed by atoms with Crippen LogP contribution >= 0.6 is 11.6 Å². The average Bonchev–Trinajstić information content (AvgIpc) is 2.39. The molecule has 0 aromatic carbocycles. The number of nitrogens with one attached hydrogen (secondary N) is 1. The highest BCUT2D eigenvalue weighted by Gasteiger charge is 2.21. The number of aliphatic hydroxyl groups excluding tert-OH is 1. The molecule has 0 radical (unpaired) electrons. The van der Waals surface area contributed by atoms with Gasteiger partial charge in [0.25, 0.3) is 5.56 Å². The van der Waals surface area contributed by atoms with Crippen molar-refractivity contribution in [3.8, 4) is 0 Å². The molecule has 5 nitrogen and oxygen atoms in total. The van der Waals surface area contributed by atoms with Crippen molar-refractivity contribution >= 4 is 17.3 Å². The van der Waals surface area contributed by atoms with Gasteiger partial charge >= 0.3 is 0 Å². The minimum absolute atomic E-state index is 0.0373. The van der Waals surface area contributed by atoms with Crippen LogP contribution in [0.3, 0.4) is 0 Å². The summed E-state index contributed by atoms with van der Waals surface area (Å²) in [5.41, 5.74) is 0.204. The third-order valence-electron chi connectivity index (χ3n) is 4.17. The second-order valence-corrected chi connectivity index (χ2v) is 6.15. The maximum Gasteiger partial charge on any atom is 0.291 e. The van der Waals surface area contributed by atoms with Gasteiger partial charge in [0.15, 0.2) is 0 Å². The predicted molar refractivity (Wildman–Crippen MR) is 80.2 cm³/mol. The summed E-state index contributed by atoms with van der Waals surface area (Å²) in [6, 6.07) is -0.0373. The lowest BCUT2D eigenvalue weighted by Gasteiger charge is -2.26. The van der Waals surface area contributed by atoms with Crippen molar-refractivity contribution in [1.82, 2.24) is 9.78 Å². The van der Waals surface area contributed by atoms with Gasteiger partial charge in [-0.05, 0) is 31.6 Å². The SMILES string of the molecule is CC(CO)C(C)Nc1c(Cl)cnn(CC2CCC2)c1=O. The first-order valence-corrected chi connectivity index (χ1v) is 7.53. The van der Waals surface area contributed by atoms with Crippen LogP contribution in [0, 0.1) is 11.8 Å². The van der Waals surface area contributed by atoms with Gasteiger partial charge in [-0.1, -0.05) is 24.9 Å². The molecule has 1 aliphatic carbocycles. The fourth-order valence-electron chi connectivity index (χ4n) is 2.18. The number of hydrogen-bond acceptors (Lipinski definition) is 4. The van der Waals surface area contributed by atoms with Crippen molar-refractivity contribution in [2.45, 2.75) is 45.7 Å². The standard InChI is InChI=1S/C14H22ClN3O2/c1-9(8-19)10(2)17-13-12(15)6-16-18(14(13)20)7-11-4-3-5-11/h6,9-11,17,19H,3-5,7-8H2,1-2H3. The summed E-state index contributed by atoms with van der Waals surface area (Å²) in [7, 11) is 0. The van der Waals surface area contributed by atoms with Crippen LogP contribution in [0.15, 0.2) is 11.0 Å².